The van der Waals surface area contributed by atoms with Gasteiger partial charge in [0.2, 0.25) is 0 Å². The Hall–Kier alpha value is -1.89. The Morgan fingerprint density at radius 2 is 1.62 bits per heavy atom. The smallest absolute Gasteiger partial charge is 0.0633 e. The minimum Gasteiger partial charge on any atom is -0.254 e. The number of hydrogen-bond donors (Lipinski definition) is 0. The van der Waals surface area contributed by atoms with E-state index in [9.17, 15) is 0 Å². The normalized spacial score (nSPS) is 10.9. The summed E-state index contributed by atoms with van der Waals surface area (Å²) in [6.07, 6.45) is 4.12. The number of rotatable bonds is 2. The van der Waals surface area contributed by atoms with Crippen molar-refractivity contribution in [2.24, 2.45) is 0 Å². The molecule has 1 aromatic carbocycles. The van der Waals surface area contributed by atoms with Gasteiger partial charge >= 0.3 is 0 Å². The minimum absolute atomic E-state index is 1.00. The highest BCUT2D eigenvalue weighted by Crippen LogP contribution is 2.08. The molecule has 2 aromatic rings. The highest BCUT2D eigenvalue weighted by molar-refractivity contribution is 5.67. The van der Waals surface area contributed by atoms with Gasteiger partial charge in [-0.05, 0) is 37.6 Å². The fraction of sp³-hybridized carbons (Fsp3) is 0.133. The third-order valence-electron chi connectivity index (χ3n) is 2.43. The Morgan fingerprint density at radius 1 is 0.875 bits per heavy atom. The Bertz CT molecular complexity index is 495. The topological polar surface area (TPSA) is 12.9 Å². The third-order valence-corrected chi connectivity index (χ3v) is 2.43. The highest BCUT2D eigenvalue weighted by atomic mass is 14.7. The summed E-state index contributed by atoms with van der Waals surface area (Å²) >= 11 is 0. The monoisotopic (exact) mass is 209 g/mol. The SMILES string of the molecule is Cc1ccc(C=Cc2cccc(C)n2)cc1. The van der Waals surface area contributed by atoms with Crippen molar-refractivity contribution in [1.29, 1.82) is 0 Å². The first-order chi connectivity index (χ1) is 7.74. The van der Waals surface area contributed by atoms with Crippen molar-refractivity contribution < 1.29 is 0 Å². The molecule has 0 saturated heterocycles. The molecule has 0 saturated carbocycles. The van der Waals surface area contributed by atoms with Crippen LogP contribution in [0.4, 0.5) is 0 Å². The first kappa shape index (κ1) is 10.6. The summed E-state index contributed by atoms with van der Waals surface area (Å²) in [6.45, 7) is 4.10. The molecule has 0 aliphatic heterocycles. The molecule has 0 N–H and O–H groups in total. The van der Waals surface area contributed by atoms with Gasteiger partial charge in [-0.1, -0.05) is 42.0 Å². The second-order valence-corrected chi connectivity index (χ2v) is 3.95. The number of benzene rings is 1. The van der Waals surface area contributed by atoms with Gasteiger partial charge in [-0.25, -0.2) is 0 Å². The third kappa shape index (κ3) is 2.80. The molecule has 2 rings (SSSR count). The average Bonchev–Trinajstić information content (AvgIpc) is 2.28. The molecule has 0 bridgehead atoms. The molecule has 0 aliphatic carbocycles. The van der Waals surface area contributed by atoms with Crippen molar-refractivity contribution in [2.45, 2.75) is 13.8 Å². The molecule has 0 atom stereocenters. The fourth-order valence-corrected chi connectivity index (χ4v) is 1.52. The first-order valence-corrected chi connectivity index (χ1v) is 5.42. The molecule has 16 heavy (non-hydrogen) atoms. The lowest BCUT2D eigenvalue weighted by atomic mass is 10.1. The second kappa shape index (κ2) is 4.75. The first-order valence-electron chi connectivity index (χ1n) is 5.42. The molecule has 0 aliphatic rings. The van der Waals surface area contributed by atoms with E-state index in [0.717, 1.165) is 11.4 Å². The van der Waals surface area contributed by atoms with E-state index in [1.165, 1.54) is 11.1 Å². The number of nitrogens with zero attached hydrogens (tertiary/aromatic N) is 1. The lowest BCUT2D eigenvalue weighted by molar-refractivity contribution is 1.18. The van der Waals surface area contributed by atoms with E-state index < -0.39 is 0 Å². The molecule has 0 radical (unpaired) electrons. The Morgan fingerprint density at radius 3 is 2.31 bits per heavy atom. The lowest BCUT2D eigenvalue weighted by Gasteiger charge is -1.96. The second-order valence-electron chi connectivity index (χ2n) is 3.95. The molecule has 0 spiro atoms. The van der Waals surface area contributed by atoms with Crippen molar-refractivity contribution in [3.63, 3.8) is 0 Å². The van der Waals surface area contributed by atoms with Gasteiger partial charge in [-0.15, -0.1) is 0 Å². The van der Waals surface area contributed by atoms with Crippen LogP contribution in [0.15, 0.2) is 42.5 Å². The van der Waals surface area contributed by atoms with E-state index in [4.69, 9.17) is 0 Å². The molecule has 0 fully saturated rings. The Balaban J connectivity index is 2.18. The van der Waals surface area contributed by atoms with Gasteiger partial charge < -0.3 is 0 Å². The quantitative estimate of drug-likeness (QED) is 0.731. The maximum atomic E-state index is 4.42. The maximum Gasteiger partial charge on any atom is 0.0633 e. The molecular weight excluding hydrogens is 194 g/mol. The Kier molecular flexibility index (Phi) is 3.16. The van der Waals surface area contributed by atoms with Gasteiger partial charge in [0.1, 0.15) is 0 Å². The minimum atomic E-state index is 1.00. The van der Waals surface area contributed by atoms with Crippen LogP contribution in [0.2, 0.25) is 0 Å². The molecule has 1 heteroatoms. The van der Waals surface area contributed by atoms with E-state index >= 15 is 0 Å². The van der Waals surface area contributed by atoms with Crippen LogP contribution >= 0.6 is 0 Å². The highest BCUT2D eigenvalue weighted by Gasteiger charge is 1.90. The molecule has 0 unspecified atom stereocenters. The van der Waals surface area contributed by atoms with E-state index in [1.54, 1.807) is 0 Å². The van der Waals surface area contributed by atoms with E-state index in [1.807, 2.05) is 31.2 Å². The zero-order valence-corrected chi connectivity index (χ0v) is 9.64. The van der Waals surface area contributed by atoms with Gasteiger partial charge in [-0.2, -0.15) is 0 Å². The summed E-state index contributed by atoms with van der Waals surface area (Å²) in [7, 11) is 0. The van der Waals surface area contributed by atoms with Crippen LogP contribution in [0.1, 0.15) is 22.5 Å². The molecule has 80 valence electrons. The number of aryl methyl sites for hydroxylation is 2. The van der Waals surface area contributed by atoms with E-state index in [2.05, 4.69) is 42.2 Å². The van der Waals surface area contributed by atoms with Crippen LogP contribution < -0.4 is 0 Å². The number of hydrogen-bond acceptors (Lipinski definition) is 1. The summed E-state index contributed by atoms with van der Waals surface area (Å²) in [5.74, 6) is 0. The van der Waals surface area contributed by atoms with Gasteiger partial charge in [0.05, 0.1) is 5.69 Å². The number of pyridine rings is 1. The van der Waals surface area contributed by atoms with E-state index in [-0.39, 0.29) is 0 Å². The van der Waals surface area contributed by atoms with Gasteiger partial charge in [0, 0.05) is 5.69 Å². The Labute approximate surface area is 96.5 Å². The summed E-state index contributed by atoms with van der Waals surface area (Å²) in [5.41, 5.74) is 4.53. The predicted molar refractivity (Wildman–Crippen MR) is 69.1 cm³/mol. The summed E-state index contributed by atoms with van der Waals surface area (Å²) in [4.78, 5) is 4.42. The van der Waals surface area contributed by atoms with Crippen LogP contribution in [0.5, 0.6) is 0 Å². The molecule has 1 heterocycles. The fourth-order valence-electron chi connectivity index (χ4n) is 1.52. The molecule has 0 amide bonds. The van der Waals surface area contributed by atoms with Gasteiger partial charge in [-0.3, -0.25) is 4.98 Å². The van der Waals surface area contributed by atoms with Crippen molar-refractivity contribution in [3.05, 3.63) is 65.0 Å². The largest absolute Gasteiger partial charge is 0.254 e. The number of aromatic nitrogens is 1. The van der Waals surface area contributed by atoms with E-state index in [0.29, 0.717) is 0 Å². The van der Waals surface area contributed by atoms with Crippen molar-refractivity contribution >= 4 is 12.2 Å². The summed E-state index contributed by atoms with van der Waals surface area (Å²) in [6, 6.07) is 14.5. The van der Waals surface area contributed by atoms with Crippen LogP contribution in [0.25, 0.3) is 12.2 Å². The molecule has 1 nitrogen and oxygen atoms in total. The van der Waals surface area contributed by atoms with Crippen LogP contribution in [0, 0.1) is 13.8 Å². The zero-order chi connectivity index (χ0) is 11.4. The van der Waals surface area contributed by atoms with Crippen LogP contribution in [0.3, 0.4) is 0 Å². The van der Waals surface area contributed by atoms with Crippen LogP contribution in [-0.2, 0) is 0 Å². The average molecular weight is 209 g/mol. The summed E-state index contributed by atoms with van der Waals surface area (Å²) in [5, 5.41) is 0. The van der Waals surface area contributed by atoms with Crippen molar-refractivity contribution in [1.82, 2.24) is 4.98 Å². The maximum absolute atomic E-state index is 4.42. The molecule has 1 aromatic heterocycles. The predicted octanol–water partition coefficient (Wildman–Crippen LogP) is 3.87. The van der Waals surface area contributed by atoms with Crippen LogP contribution in [-0.4, -0.2) is 4.98 Å². The van der Waals surface area contributed by atoms with Crippen molar-refractivity contribution in [3.8, 4) is 0 Å². The molecular formula is C15H15N. The zero-order valence-electron chi connectivity index (χ0n) is 9.64. The van der Waals surface area contributed by atoms with Gasteiger partial charge in [0.25, 0.3) is 0 Å². The van der Waals surface area contributed by atoms with Crippen molar-refractivity contribution in [2.75, 3.05) is 0 Å². The van der Waals surface area contributed by atoms with Gasteiger partial charge in [0.15, 0.2) is 0 Å². The lowest BCUT2D eigenvalue weighted by Crippen LogP contribution is -1.83. The standard InChI is InChI=1S/C15H15N/c1-12-6-8-14(9-7-12)10-11-15-5-3-4-13(2)16-15/h3-11H,1-2H3. The summed E-state index contributed by atoms with van der Waals surface area (Å²) < 4.78 is 0.